The Kier molecular flexibility index (Phi) is 2.54. The first-order chi connectivity index (χ1) is 5.83. The second kappa shape index (κ2) is 3.49. The second-order valence-electron chi connectivity index (χ2n) is 2.75. The molecule has 0 amide bonds. The molecule has 1 aliphatic heterocycles. The smallest absolute Gasteiger partial charge is 0.0729 e. The van der Waals surface area contributed by atoms with E-state index >= 15 is 0 Å². The Morgan fingerprint density at radius 3 is 2.75 bits per heavy atom. The fourth-order valence-corrected chi connectivity index (χ4v) is 3.45. The molecule has 0 bridgehead atoms. The number of hydrogen-bond acceptors (Lipinski definition) is 1. The Bertz CT molecular complexity index is 288. The van der Waals surface area contributed by atoms with Crippen LogP contribution < -0.4 is 0 Å². The summed E-state index contributed by atoms with van der Waals surface area (Å²) in [7, 11) is 0. The molecular formula is C9H8Cl2S. The van der Waals surface area contributed by atoms with Crippen LogP contribution in [0.1, 0.15) is 10.9 Å². The summed E-state index contributed by atoms with van der Waals surface area (Å²) in [6.07, 6.45) is 0. The molecule has 0 fully saturated rings. The maximum Gasteiger partial charge on any atom is 0.0729 e. The van der Waals surface area contributed by atoms with Crippen LogP contribution in [0.2, 0.25) is 0 Å². The van der Waals surface area contributed by atoms with E-state index in [1.807, 2.05) is 12.1 Å². The third kappa shape index (κ3) is 1.34. The van der Waals surface area contributed by atoms with E-state index < -0.39 is 0 Å². The van der Waals surface area contributed by atoms with E-state index in [2.05, 4.69) is 12.1 Å². The number of halogens is 2. The molecule has 1 heterocycles. The highest BCUT2D eigenvalue weighted by atomic mass is 35.5. The predicted molar refractivity (Wildman–Crippen MR) is 55.4 cm³/mol. The molecule has 0 aromatic heterocycles. The van der Waals surface area contributed by atoms with Gasteiger partial charge in [0, 0.05) is 16.0 Å². The van der Waals surface area contributed by atoms with Gasteiger partial charge in [-0.15, -0.1) is 35.0 Å². The lowest BCUT2D eigenvalue weighted by Crippen LogP contribution is -2.05. The Hall–Kier alpha value is 0.150. The van der Waals surface area contributed by atoms with Gasteiger partial charge in [0.15, 0.2) is 0 Å². The van der Waals surface area contributed by atoms with Gasteiger partial charge in [-0.2, -0.15) is 0 Å². The summed E-state index contributed by atoms with van der Waals surface area (Å²) in [4.78, 5) is 1.28. The van der Waals surface area contributed by atoms with Crippen LogP contribution in [0.3, 0.4) is 0 Å². The molecule has 0 N–H and O–H groups in total. The molecule has 12 heavy (non-hydrogen) atoms. The third-order valence-electron chi connectivity index (χ3n) is 1.97. The zero-order valence-corrected chi connectivity index (χ0v) is 8.66. The molecule has 0 radical (unpaired) electrons. The molecule has 64 valence electrons. The lowest BCUT2D eigenvalue weighted by Gasteiger charge is -2.07. The van der Waals surface area contributed by atoms with Crippen molar-refractivity contribution in [2.75, 3.05) is 5.88 Å². The van der Waals surface area contributed by atoms with Crippen molar-refractivity contribution in [3.63, 3.8) is 0 Å². The largest absolute Gasteiger partial charge is 0.125 e. The first-order valence-electron chi connectivity index (χ1n) is 3.78. The van der Waals surface area contributed by atoms with E-state index in [0.717, 1.165) is 0 Å². The quantitative estimate of drug-likeness (QED) is 0.649. The van der Waals surface area contributed by atoms with Crippen molar-refractivity contribution in [3.05, 3.63) is 29.8 Å². The van der Waals surface area contributed by atoms with Crippen molar-refractivity contribution in [2.45, 2.75) is 15.5 Å². The summed E-state index contributed by atoms with van der Waals surface area (Å²) >= 11 is 13.8. The fraction of sp³-hybridized carbons (Fsp3) is 0.333. The Balaban J connectivity index is 2.35. The highest BCUT2D eigenvalue weighted by Gasteiger charge is 2.30. The van der Waals surface area contributed by atoms with Crippen molar-refractivity contribution in [1.29, 1.82) is 0 Å². The number of fused-ring (bicyclic) bond motifs is 1. The zero-order valence-electron chi connectivity index (χ0n) is 6.34. The van der Waals surface area contributed by atoms with Gasteiger partial charge in [-0.05, 0) is 11.6 Å². The highest BCUT2D eigenvalue weighted by molar-refractivity contribution is 8.00. The van der Waals surface area contributed by atoms with Crippen molar-refractivity contribution < 1.29 is 0 Å². The van der Waals surface area contributed by atoms with E-state index in [1.54, 1.807) is 11.8 Å². The van der Waals surface area contributed by atoms with Gasteiger partial charge in [0.05, 0.1) is 5.38 Å². The molecule has 1 aliphatic rings. The van der Waals surface area contributed by atoms with E-state index in [4.69, 9.17) is 23.2 Å². The minimum atomic E-state index is 0.0868. The summed E-state index contributed by atoms with van der Waals surface area (Å²) in [6.45, 7) is 0. The van der Waals surface area contributed by atoms with E-state index in [0.29, 0.717) is 11.1 Å². The minimum absolute atomic E-state index is 0.0868. The lowest BCUT2D eigenvalue weighted by molar-refractivity contribution is 0.926. The van der Waals surface area contributed by atoms with Crippen molar-refractivity contribution in [2.24, 2.45) is 0 Å². The Morgan fingerprint density at radius 1 is 1.33 bits per heavy atom. The molecule has 1 aromatic rings. The Morgan fingerprint density at radius 2 is 2.08 bits per heavy atom. The van der Waals surface area contributed by atoms with Crippen LogP contribution in [0.4, 0.5) is 0 Å². The van der Waals surface area contributed by atoms with E-state index in [-0.39, 0.29) is 5.38 Å². The van der Waals surface area contributed by atoms with Gasteiger partial charge in [0.2, 0.25) is 0 Å². The van der Waals surface area contributed by atoms with Gasteiger partial charge in [-0.3, -0.25) is 0 Å². The van der Waals surface area contributed by atoms with Gasteiger partial charge < -0.3 is 0 Å². The normalized spacial score (nSPS) is 27.2. The maximum absolute atomic E-state index is 6.20. The average Bonchev–Trinajstić information content (AvgIpc) is 2.44. The molecule has 2 unspecified atom stereocenters. The topological polar surface area (TPSA) is 0 Å². The monoisotopic (exact) mass is 218 g/mol. The number of hydrogen-bond donors (Lipinski definition) is 0. The minimum Gasteiger partial charge on any atom is -0.125 e. The second-order valence-corrected chi connectivity index (χ2v) is 4.81. The first kappa shape index (κ1) is 8.74. The van der Waals surface area contributed by atoms with Crippen LogP contribution in [0.15, 0.2) is 29.2 Å². The lowest BCUT2D eigenvalue weighted by atomic mass is 10.1. The summed E-state index contributed by atoms with van der Waals surface area (Å²) in [5.41, 5.74) is 1.23. The molecule has 2 rings (SSSR count). The van der Waals surface area contributed by atoms with Crippen molar-refractivity contribution in [1.82, 2.24) is 0 Å². The summed E-state index contributed by atoms with van der Waals surface area (Å²) in [6, 6.07) is 8.23. The number of thioether (sulfide) groups is 1. The maximum atomic E-state index is 6.20. The number of alkyl halides is 2. The van der Waals surface area contributed by atoms with Crippen LogP contribution in [-0.4, -0.2) is 11.1 Å². The SMILES string of the molecule is ClCC1Sc2ccccc2C1Cl. The zero-order chi connectivity index (χ0) is 8.55. The van der Waals surface area contributed by atoms with Gasteiger partial charge >= 0.3 is 0 Å². The molecule has 0 aliphatic carbocycles. The van der Waals surface area contributed by atoms with Crippen LogP contribution in [0.5, 0.6) is 0 Å². The summed E-state index contributed by atoms with van der Waals surface area (Å²) in [5, 5.41) is 0.425. The molecular weight excluding hydrogens is 211 g/mol. The molecule has 0 saturated heterocycles. The molecule has 0 spiro atoms. The predicted octanol–water partition coefficient (Wildman–Crippen LogP) is 3.68. The van der Waals surface area contributed by atoms with Crippen molar-refractivity contribution in [3.8, 4) is 0 Å². The molecule has 3 heteroatoms. The summed E-state index contributed by atoms with van der Waals surface area (Å²) < 4.78 is 0. The van der Waals surface area contributed by atoms with Gasteiger partial charge in [-0.25, -0.2) is 0 Å². The van der Waals surface area contributed by atoms with E-state index in [1.165, 1.54) is 10.5 Å². The van der Waals surface area contributed by atoms with Crippen molar-refractivity contribution >= 4 is 35.0 Å². The molecule has 0 saturated carbocycles. The van der Waals surface area contributed by atoms with E-state index in [9.17, 15) is 0 Å². The van der Waals surface area contributed by atoms with Crippen LogP contribution in [0, 0.1) is 0 Å². The standard InChI is InChI=1S/C9H8Cl2S/c10-5-8-9(11)6-3-1-2-4-7(6)12-8/h1-4,8-9H,5H2. The highest BCUT2D eigenvalue weighted by Crippen LogP contribution is 2.47. The fourth-order valence-electron chi connectivity index (χ4n) is 1.35. The molecule has 0 nitrogen and oxygen atoms in total. The Labute approximate surface area is 86.3 Å². The first-order valence-corrected chi connectivity index (χ1v) is 5.63. The van der Waals surface area contributed by atoms with Gasteiger partial charge in [0.1, 0.15) is 0 Å². The van der Waals surface area contributed by atoms with Crippen LogP contribution in [0.25, 0.3) is 0 Å². The van der Waals surface area contributed by atoms with Gasteiger partial charge in [-0.1, -0.05) is 18.2 Å². The van der Waals surface area contributed by atoms with Crippen LogP contribution >= 0.6 is 35.0 Å². The van der Waals surface area contributed by atoms with Crippen LogP contribution in [-0.2, 0) is 0 Å². The average molecular weight is 219 g/mol. The molecule has 1 aromatic carbocycles. The summed E-state index contributed by atoms with van der Waals surface area (Å²) in [5.74, 6) is 0.619. The molecule has 2 atom stereocenters. The number of benzene rings is 1. The van der Waals surface area contributed by atoms with Gasteiger partial charge in [0.25, 0.3) is 0 Å². The number of rotatable bonds is 1. The third-order valence-corrected chi connectivity index (χ3v) is 4.54.